The minimum atomic E-state index is 0.153. The van der Waals surface area contributed by atoms with Gasteiger partial charge >= 0.3 is 0 Å². The van der Waals surface area contributed by atoms with Gasteiger partial charge in [-0.1, -0.05) is 0 Å². The van der Waals surface area contributed by atoms with E-state index in [4.69, 9.17) is 0 Å². The molecule has 4 rings (SSSR count). The van der Waals surface area contributed by atoms with Gasteiger partial charge in [-0.05, 0) is 49.5 Å². The summed E-state index contributed by atoms with van der Waals surface area (Å²) < 4.78 is 0. The van der Waals surface area contributed by atoms with Crippen LogP contribution in [0, 0.1) is 0 Å². The maximum absolute atomic E-state index is 12.4. The number of amides is 1. The van der Waals surface area contributed by atoms with Crippen LogP contribution in [-0.4, -0.2) is 29.8 Å². The number of piperidine rings is 1. The molecular formula is C15H20N2OS2. The van der Waals surface area contributed by atoms with Gasteiger partial charge in [-0.25, -0.2) is 0 Å². The number of hydrogen-bond donors (Lipinski definition) is 2. The lowest BCUT2D eigenvalue weighted by Crippen LogP contribution is -2.47. The Hall–Kier alpha value is -0.520. The molecule has 3 aliphatic rings. The average Bonchev–Trinajstić information content (AvgIpc) is 3.02. The number of carbonyl (C=O) groups excluding carboxylic acids is 1. The first-order chi connectivity index (χ1) is 9.78. The van der Waals surface area contributed by atoms with Crippen LogP contribution >= 0.6 is 23.1 Å². The third kappa shape index (κ3) is 2.51. The number of aryl methyl sites for hydroxylation is 1. The molecule has 0 aromatic carbocycles. The van der Waals surface area contributed by atoms with Crippen molar-refractivity contribution in [3.05, 3.63) is 21.4 Å². The number of thiophene rings is 1. The zero-order valence-electron chi connectivity index (χ0n) is 11.5. The van der Waals surface area contributed by atoms with E-state index in [0.717, 1.165) is 29.9 Å². The molecule has 3 aliphatic heterocycles. The first-order valence-corrected chi connectivity index (χ1v) is 9.51. The van der Waals surface area contributed by atoms with Crippen molar-refractivity contribution in [2.75, 3.05) is 5.75 Å². The van der Waals surface area contributed by atoms with E-state index in [0.29, 0.717) is 18.1 Å². The molecule has 4 heterocycles. The van der Waals surface area contributed by atoms with Crippen LogP contribution in [0.1, 0.15) is 45.8 Å². The van der Waals surface area contributed by atoms with Gasteiger partial charge in [0.05, 0.1) is 4.88 Å². The topological polar surface area (TPSA) is 41.1 Å². The van der Waals surface area contributed by atoms with Gasteiger partial charge < -0.3 is 10.6 Å². The summed E-state index contributed by atoms with van der Waals surface area (Å²) in [5.74, 6) is 2.43. The molecule has 2 atom stereocenters. The van der Waals surface area contributed by atoms with E-state index in [2.05, 4.69) is 16.7 Å². The normalized spacial score (nSPS) is 31.9. The van der Waals surface area contributed by atoms with E-state index in [-0.39, 0.29) is 5.91 Å². The molecular weight excluding hydrogens is 288 g/mol. The van der Waals surface area contributed by atoms with E-state index in [1.807, 2.05) is 11.8 Å². The fourth-order valence-electron chi connectivity index (χ4n) is 3.69. The van der Waals surface area contributed by atoms with E-state index in [1.54, 1.807) is 11.3 Å². The Balaban J connectivity index is 1.43. The molecule has 0 saturated carbocycles. The van der Waals surface area contributed by atoms with Crippen LogP contribution in [0.4, 0.5) is 0 Å². The maximum Gasteiger partial charge on any atom is 0.261 e. The molecule has 2 unspecified atom stereocenters. The fraction of sp³-hybridized carbons (Fsp3) is 0.667. The highest BCUT2D eigenvalue weighted by molar-refractivity contribution is 7.98. The molecule has 5 heteroatoms. The lowest BCUT2D eigenvalue weighted by atomic mass is 10.00. The molecule has 0 radical (unpaired) electrons. The highest BCUT2D eigenvalue weighted by Crippen LogP contribution is 2.32. The smallest absolute Gasteiger partial charge is 0.261 e. The number of rotatable bonds is 2. The van der Waals surface area contributed by atoms with E-state index < -0.39 is 0 Å². The highest BCUT2D eigenvalue weighted by Gasteiger charge is 2.34. The minimum Gasteiger partial charge on any atom is -0.348 e. The van der Waals surface area contributed by atoms with Gasteiger partial charge in [-0.15, -0.1) is 11.3 Å². The fourth-order valence-corrected chi connectivity index (χ4v) is 5.97. The van der Waals surface area contributed by atoms with Crippen LogP contribution < -0.4 is 10.6 Å². The van der Waals surface area contributed by atoms with Gasteiger partial charge in [0.1, 0.15) is 0 Å². The Morgan fingerprint density at radius 1 is 1.30 bits per heavy atom. The highest BCUT2D eigenvalue weighted by atomic mass is 32.2. The monoisotopic (exact) mass is 308 g/mol. The van der Waals surface area contributed by atoms with Gasteiger partial charge in [0.15, 0.2) is 0 Å². The van der Waals surface area contributed by atoms with Gasteiger partial charge in [0, 0.05) is 28.8 Å². The van der Waals surface area contributed by atoms with Crippen LogP contribution in [-0.2, 0) is 12.2 Å². The quantitative estimate of drug-likeness (QED) is 0.882. The summed E-state index contributed by atoms with van der Waals surface area (Å²) in [6.45, 7) is 0. The largest absolute Gasteiger partial charge is 0.348 e. The van der Waals surface area contributed by atoms with Crippen molar-refractivity contribution in [3.8, 4) is 0 Å². The Kier molecular flexibility index (Phi) is 3.52. The predicted molar refractivity (Wildman–Crippen MR) is 84.6 cm³/mol. The molecule has 0 spiro atoms. The second kappa shape index (κ2) is 5.35. The standard InChI is InChI=1S/C15H20N2OS2/c18-15(14-5-9-8-19-4-3-13(9)20-14)17-12-6-10-1-2-11(7-12)16-10/h5,10-12,16H,1-4,6-8H2,(H,17,18). The second-order valence-corrected chi connectivity index (χ2v) is 8.38. The van der Waals surface area contributed by atoms with Gasteiger partial charge in [0.25, 0.3) is 5.91 Å². The lowest BCUT2D eigenvalue weighted by Gasteiger charge is -2.29. The van der Waals surface area contributed by atoms with Crippen LogP contribution in [0.25, 0.3) is 0 Å². The van der Waals surface area contributed by atoms with Crippen LogP contribution in [0.2, 0.25) is 0 Å². The molecule has 2 N–H and O–H groups in total. The number of carbonyl (C=O) groups is 1. The molecule has 1 aromatic heterocycles. The number of thioether (sulfide) groups is 1. The third-order valence-electron chi connectivity index (χ3n) is 4.66. The van der Waals surface area contributed by atoms with Crippen LogP contribution in [0.15, 0.2) is 6.07 Å². The van der Waals surface area contributed by atoms with Crippen molar-refractivity contribution < 1.29 is 4.79 Å². The molecule has 2 bridgehead atoms. The summed E-state index contributed by atoms with van der Waals surface area (Å²) in [5, 5.41) is 6.89. The Morgan fingerprint density at radius 2 is 2.10 bits per heavy atom. The van der Waals surface area contributed by atoms with E-state index in [1.165, 1.54) is 29.0 Å². The Morgan fingerprint density at radius 3 is 2.85 bits per heavy atom. The van der Waals surface area contributed by atoms with Gasteiger partial charge in [0.2, 0.25) is 0 Å². The lowest BCUT2D eigenvalue weighted by molar-refractivity contribution is 0.0928. The molecule has 2 fully saturated rings. The van der Waals surface area contributed by atoms with Crippen molar-refractivity contribution in [2.45, 2.75) is 56.0 Å². The van der Waals surface area contributed by atoms with Crippen molar-refractivity contribution in [1.82, 2.24) is 10.6 Å². The summed E-state index contributed by atoms with van der Waals surface area (Å²) in [7, 11) is 0. The summed E-state index contributed by atoms with van der Waals surface area (Å²) in [6.07, 6.45) is 5.89. The second-order valence-electron chi connectivity index (χ2n) is 6.14. The van der Waals surface area contributed by atoms with Crippen molar-refractivity contribution >= 4 is 29.0 Å². The predicted octanol–water partition coefficient (Wildman–Crippen LogP) is 2.55. The summed E-state index contributed by atoms with van der Waals surface area (Å²) in [6, 6.07) is 3.76. The summed E-state index contributed by atoms with van der Waals surface area (Å²) in [5.41, 5.74) is 1.39. The third-order valence-corrected chi connectivity index (χ3v) is 6.90. The zero-order valence-corrected chi connectivity index (χ0v) is 13.1. The van der Waals surface area contributed by atoms with Gasteiger partial charge in [-0.3, -0.25) is 4.79 Å². The Labute approximate surface area is 127 Å². The first-order valence-electron chi connectivity index (χ1n) is 7.54. The number of hydrogen-bond acceptors (Lipinski definition) is 4. The SMILES string of the molecule is O=C(NC1CC2CCC(C1)N2)c1cc2c(s1)CCSC2. The molecule has 1 amide bonds. The van der Waals surface area contributed by atoms with Crippen molar-refractivity contribution in [1.29, 1.82) is 0 Å². The minimum absolute atomic E-state index is 0.153. The van der Waals surface area contributed by atoms with Crippen LogP contribution in [0.5, 0.6) is 0 Å². The molecule has 0 aliphatic carbocycles. The number of nitrogens with one attached hydrogen (secondary N) is 2. The van der Waals surface area contributed by atoms with Crippen molar-refractivity contribution in [3.63, 3.8) is 0 Å². The van der Waals surface area contributed by atoms with E-state index >= 15 is 0 Å². The first kappa shape index (κ1) is 13.2. The van der Waals surface area contributed by atoms with Crippen molar-refractivity contribution in [2.24, 2.45) is 0 Å². The molecule has 108 valence electrons. The Bertz CT molecular complexity index is 492. The molecule has 2 saturated heterocycles. The molecule has 1 aromatic rings. The average molecular weight is 308 g/mol. The summed E-state index contributed by atoms with van der Waals surface area (Å²) >= 11 is 3.68. The maximum atomic E-state index is 12.4. The van der Waals surface area contributed by atoms with Crippen LogP contribution in [0.3, 0.4) is 0 Å². The zero-order chi connectivity index (χ0) is 13.5. The van der Waals surface area contributed by atoms with Gasteiger partial charge in [-0.2, -0.15) is 11.8 Å². The summed E-state index contributed by atoms with van der Waals surface area (Å²) in [4.78, 5) is 14.8. The van der Waals surface area contributed by atoms with E-state index in [9.17, 15) is 4.79 Å². The molecule has 20 heavy (non-hydrogen) atoms. The molecule has 3 nitrogen and oxygen atoms in total. The number of fused-ring (bicyclic) bond motifs is 3.